The number of likely N-dealkylation sites (tertiary alicyclic amines) is 1. The number of aromatic nitrogens is 1. The van der Waals surface area contributed by atoms with Crippen molar-refractivity contribution in [3.63, 3.8) is 0 Å². The predicted octanol–water partition coefficient (Wildman–Crippen LogP) is 0.496. The summed E-state index contributed by atoms with van der Waals surface area (Å²) in [5.74, 6) is -1.18. The van der Waals surface area contributed by atoms with Gasteiger partial charge in [0.25, 0.3) is 5.91 Å². The van der Waals surface area contributed by atoms with E-state index in [2.05, 4.69) is 10.5 Å². The lowest BCUT2D eigenvalue weighted by atomic mass is 9.81. The number of carbonyl (C=O) groups excluding carboxylic acids is 4. The number of carbonyl (C=O) groups is 4. The third kappa shape index (κ3) is 2.77. The highest BCUT2D eigenvalue weighted by molar-refractivity contribution is 6.07. The van der Waals surface area contributed by atoms with Crippen molar-refractivity contribution in [3.05, 3.63) is 11.8 Å². The van der Waals surface area contributed by atoms with Gasteiger partial charge in [-0.2, -0.15) is 0 Å². The molecule has 1 saturated heterocycles. The number of anilines is 1. The fourth-order valence-electron chi connectivity index (χ4n) is 4.55. The number of aryl methyl sites for hydroxylation is 1. The van der Waals surface area contributed by atoms with E-state index in [1.54, 1.807) is 6.92 Å². The first-order valence-electron chi connectivity index (χ1n) is 8.68. The zero-order valence-electron chi connectivity index (χ0n) is 14.3. The summed E-state index contributed by atoms with van der Waals surface area (Å²) in [4.78, 5) is 49.7. The second-order valence-corrected chi connectivity index (χ2v) is 7.18. The molecule has 0 radical (unpaired) electrons. The van der Waals surface area contributed by atoms with Crippen molar-refractivity contribution in [2.75, 3.05) is 18.5 Å². The number of nitrogens with one attached hydrogen (secondary N) is 1. The minimum atomic E-state index is -0.787. The van der Waals surface area contributed by atoms with Crippen LogP contribution in [0.15, 0.2) is 10.6 Å². The molecule has 4 atom stereocenters. The third-order valence-electron chi connectivity index (χ3n) is 5.57. The molecule has 0 spiro atoms. The Morgan fingerprint density at radius 3 is 2.50 bits per heavy atom. The van der Waals surface area contributed by atoms with Gasteiger partial charge in [-0.1, -0.05) is 5.16 Å². The molecular weight excluding hydrogens is 342 g/mol. The van der Waals surface area contributed by atoms with Gasteiger partial charge in [0, 0.05) is 6.07 Å². The van der Waals surface area contributed by atoms with E-state index in [0.29, 0.717) is 5.76 Å². The lowest BCUT2D eigenvalue weighted by molar-refractivity contribution is -0.154. The molecular formula is C17H19N3O6. The van der Waals surface area contributed by atoms with Gasteiger partial charge in [-0.3, -0.25) is 24.1 Å². The summed E-state index contributed by atoms with van der Waals surface area (Å²) in [6, 6.07) is 1.52. The summed E-state index contributed by atoms with van der Waals surface area (Å²) in [5, 5.41) is 6.01. The first-order valence-corrected chi connectivity index (χ1v) is 8.68. The van der Waals surface area contributed by atoms with E-state index in [9.17, 15) is 19.2 Å². The number of fused-ring (bicyclic) bond motifs is 5. The highest BCUT2D eigenvalue weighted by atomic mass is 16.5. The number of amides is 3. The third-order valence-corrected chi connectivity index (χ3v) is 5.57. The molecule has 26 heavy (non-hydrogen) atoms. The summed E-state index contributed by atoms with van der Waals surface area (Å²) in [7, 11) is 0. The lowest BCUT2D eigenvalue weighted by Crippen LogP contribution is -2.38. The van der Waals surface area contributed by atoms with Crippen molar-refractivity contribution in [2.24, 2.45) is 23.7 Å². The van der Waals surface area contributed by atoms with Gasteiger partial charge in [0.05, 0.1) is 11.8 Å². The van der Waals surface area contributed by atoms with Crippen LogP contribution in [0.2, 0.25) is 0 Å². The molecule has 1 aromatic rings. The second kappa shape index (κ2) is 6.22. The van der Waals surface area contributed by atoms with Crippen molar-refractivity contribution < 1.29 is 28.4 Å². The van der Waals surface area contributed by atoms with E-state index in [1.807, 2.05) is 0 Å². The maximum Gasteiger partial charge on any atom is 0.326 e. The van der Waals surface area contributed by atoms with Crippen molar-refractivity contribution in [3.8, 4) is 0 Å². The first-order chi connectivity index (χ1) is 12.4. The van der Waals surface area contributed by atoms with Crippen molar-refractivity contribution in [1.82, 2.24) is 10.1 Å². The Bertz CT molecular complexity index is 759. The summed E-state index contributed by atoms with van der Waals surface area (Å²) < 4.78 is 9.69. The maximum absolute atomic E-state index is 12.5. The van der Waals surface area contributed by atoms with Crippen LogP contribution in [0.25, 0.3) is 0 Å². The zero-order valence-corrected chi connectivity index (χ0v) is 14.3. The molecule has 2 aliphatic carbocycles. The second-order valence-electron chi connectivity index (χ2n) is 7.18. The Kier molecular flexibility index (Phi) is 4.01. The summed E-state index contributed by atoms with van der Waals surface area (Å²) >= 11 is 0. The molecule has 0 unspecified atom stereocenters. The number of nitrogens with zero attached hydrogens (tertiary/aromatic N) is 2. The summed E-state index contributed by atoms with van der Waals surface area (Å²) in [6.45, 7) is 0.702. The SMILES string of the molecule is Cc1cc(NC(=O)COC(=O)CN2C(=O)[C@@H]3[C@@H]4CC[C@@H](C4)[C@@H]3C2=O)no1. The molecule has 2 bridgehead atoms. The Hall–Kier alpha value is -2.71. The van der Waals surface area contributed by atoms with Gasteiger partial charge in [0.1, 0.15) is 12.3 Å². The fourth-order valence-corrected chi connectivity index (χ4v) is 4.55. The van der Waals surface area contributed by atoms with Gasteiger partial charge in [-0.05, 0) is 38.0 Å². The molecule has 2 heterocycles. The van der Waals surface area contributed by atoms with E-state index in [4.69, 9.17) is 9.26 Å². The fraction of sp³-hybridized carbons (Fsp3) is 0.588. The summed E-state index contributed by atoms with van der Waals surface area (Å²) in [5.41, 5.74) is 0. The minimum Gasteiger partial charge on any atom is -0.454 e. The van der Waals surface area contributed by atoms with E-state index < -0.39 is 25.0 Å². The quantitative estimate of drug-likeness (QED) is 0.599. The largest absolute Gasteiger partial charge is 0.454 e. The first kappa shape index (κ1) is 16.7. The van der Waals surface area contributed by atoms with E-state index in [0.717, 1.165) is 24.2 Å². The smallest absolute Gasteiger partial charge is 0.326 e. The van der Waals surface area contributed by atoms with Crippen molar-refractivity contribution >= 4 is 29.5 Å². The Balaban J connectivity index is 1.29. The molecule has 0 aromatic carbocycles. The maximum atomic E-state index is 12.5. The number of imide groups is 1. The van der Waals surface area contributed by atoms with Crippen LogP contribution in [0, 0.1) is 30.6 Å². The van der Waals surface area contributed by atoms with E-state index >= 15 is 0 Å². The molecule has 3 amide bonds. The van der Waals surface area contributed by atoms with Crippen LogP contribution in [0.5, 0.6) is 0 Å². The molecule has 4 rings (SSSR count). The average molecular weight is 361 g/mol. The van der Waals surface area contributed by atoms with E-state index in [-0.39, 0.29) is 41.3 Å². The van der Waals surface area contributed by atoms with Crippen LogP contribution < -0.4 is 5.32 Å². The Morgan fingerprint density at radius 2 is 1.92 bits per heavy atom. The van der Waals surface area contributed by atoms with Crippen LogP contribution in [-0.2, 0) is 23.9 Å². The normalized spacial score (nSPS) is 29.2. The van der Waals surface area contributed by atoms with Gasteiger partial charge >= 0.3 is 5.97 Å². The number of ether oxygens (including phenoxy) is 1. The van der Waals surface area contributed by atoms with Crippen LogP contribution in [-0.4, -0.2) is 46.9 Å². The van der Waals surface area contributed by atoms with Crippen LogP contribution in [0.4, 0.5) is 5.82 Å². The molecule has 1 aromatic heterocycles. The van der Waals surface area contributed by atoms with Gasteiger partial charge < -0.3 is 14.6 Å². The topological polar surface area (TPSA) is 119 Å². The van der Waals surface area contributed by atoms with Crippen molar-refractivity contribution in [1.29, 1.82) is 0 Å². The molecule has 3 fully saturated rings. The van der Waals surface area contributed by atoms with Gasteiger partial charge in [0.2, 0.25) is 11.8 Å². The molecule has 1 N–H and O–H groups in total. The van der Waals surface area contributed by atoms with Crippen LogP contribution >= 0.6 is 0 Å². The molecule has 3 aliphatic rings. The van der Waals surface area contributed by atoms with Crippen LogP contribution in [0.3, 0.4) is 0 Å². The van der Waals surface area contributed by atoms with Gasteiger partial charge in [-0.15, -0.1) is 0 Å². The molecule has 2 saturated carbocycles. The molecule has 1 aliphatic heterocycles. The lowest BCUT2D eigenvalue weighted by Gasteiger charge is -2.19. The number of esters is 1. The minimum absolute atomic E-state index is 0.219. The predicted molar refractivity (Wildman–Crippen MR) is 85.4 cm³/mol. The van der Waals surface area contributed by atoms with Crippen molar-refractivity contribution in [2.45, 2.75) is 26.2 Å². The molecule has 138 valence electrons. The standard InChI is InChI=1S/C17H19N3O6/c1-8-4-11(19-26-8)18-12(21)7-25-13(22)6-20-16(23)14-9-2-3-10(5-9)15(14)17(20)24/h4,9-10,14-15H,2-3,5-7H2,1H3,(H,18,19,21)/t9-,10+,14-,15+. The molecule has 9 heteroatoms. The molecule has 9 nitrogen and oxygen atoms in total. The summed E-state index contributed by atoms with van der Waals surface area (Å²) in [6.07, 6.45) is 2.89. The van der Waals surface area contributed by atoms with Gasteiger partial charge in [0.15, 0.2) is 12.4 Å². The van der Waals surface area contributed by atoms with E-state index in [1.165, 1.54) is 6.07 Å². The van der Waals surface area contributed by atoms with Gasteiger partial charge in [-0.25, -0.2) is 0 Å². The number of hydrogen-bond acceptors (Lipinski definition) is 7. The highest BCUT2D eigenvalue weighted by Crippen LogP contribution is 2.56. The number of hydrogen-bond donors (Lipinski definition) is 1. The Morgan fingerprint density at radius 1 is 1.27 bits per heavy atom. The highest BCUT2D eigenvalue weighted by Gasteiger charge is 2.61. The van der Waals surface area contributed by atoms with Crippen LogP contribution in [0.1, 0.15) is 25.0 Å². The number of rotatable bonds is 5. The zero-order chi connectivity index (χ0) is 18.4. The Labute approximate surface area is 149 Å². The average Bonchev–Trinajstić information content (AvgIpc) is 3.35. The monoisotopic (exact) mass is 361 g/mol.